The molecule has 72 heavy (non-hydrogen) atoms. The fourth-order valence-electron chi connectivity index (χ4n) is 7.62. The largest absolute Gasteiger partial charge is 0.673 e. The van der Waals surface area contributed by atoms with Gasteiger partial charge in [-0.1, -0.05) is 40.6 Å². The summed E-state index contributed by atoms with van der Waals surface area (Å²) in [5.41, 5.74) is -20.2. The van der Waals surface area contributed by atoms with E-state index in [4.69, 9.17) is 4.74 Å². The van der Waals surface area contributed by atoms with Gasteiger partial charge in [-0.3, -0.25) is 9.98 Å². The van der Waals surface area contributed by atoms with Crippen LogP contribution < -0.4 is 15.7 Å². The van der Waals surface area contributed by atoms with E-state index in [0.717, 1.165) is 6.92 Å². The van der Waals surface area contributed by atoms with Crippen LogP contribution in [0.3, 0.4) is 0 Å². The minimum Gasteiger partial charge on any atom is -0.673 e. The molecule has 2 aromatic heterocycles. The van der Waals surface area contributed by atoms with Crippen molar-refractivity contribution in [2.75, 3.05) is 6.61 Å². The third kappa shape index (κ3) is 7.39. The Morgan fingerprint density at radius 1 is 0.472 bits per heavy atom. The van der Waals surface area contributed by atoms with E-state index in [2.05, 4.69) is 32.1 Å². The number of halogens is 20. The molecule has 6 aromatic rings. The monoisotopic (exact) mass is 1080 g/mol. The van der Waals surface area contributed by atoms with E-state index in [1.54, 1.807) is 0 Å². The van der Waals surface area contributed by atoms with Crippen LogP contribution in [0.15, 0.2) is 57.4 Å². The zero-order chi connectivity index (χ0) is 51.6. The van der Waals surface area contributed by atoms with Crippen LogP contribution in [-0.2, 0) is 21.8 Å². The molecule has 0 saturated heterocycles. The van der Waals surface area contributed by atoms with Gasteiger partial charge in [0.25, 0.3) is 0 Å². The molecule has 26 heteroatoms. The number of nitrogens with one attached hydrogen (secondary N) is 1. The van der Waals surface area contributed by atoms with Crippen LogP contribution in [0.1, 0.15) is 40.4 Å². The predicted octanol–water partition coefficient (Wildman–Crippen LogP) is 10.4. The molecule has 3 aliphatic rings. The van der Waals surface area contributed by atoms with Crippen molar-refractivity contribution in [2.45, 2.75) is 6.92 Å². The SMILES string of the molecule is CCOC1=NC2=C(c3c(F)c(F)c(F)c(F)c3F)C3=NC(=C(c4c(F)c(F)c(F)c(F)c4F)c4[c-]c([nH]c4)C(c4c(F)c(F)c(F)c(F)c4F)=c4ccc([n-]4)=C(c4c(F)c(F)c(F)c(F)c4F)C1=[C-]2)C=C3.[Cu]. The van der Waals surface area contributed by atoms with E-state index in [9.17, 15) is 35.1 Å². The Labute approximate surface area is 396 Å². The average Bonchev–Trinajstić information content (AvgIpc) is 4.21. The molecule has 375 valence electrons. The number of H-pyrrole nitrogens is 1. The number of benzene rings is 4. The Morgan fingerprint density at radius 3 is 1.28 bits per heavy atom. The van der Waals surface area contributed by atoms with Gasteiger partial charge in [0.2, 0.25) is 0 Å². The first-order valence-electron chi connectivity index (χ1n) is 19.2. The molecule has 9 rings (SSSR count). The van der Waals surface area contributed by atoms with Crippen LogP contribution in [0, 0.1) is 128 Å². The van der Waals surface area contributed by atoms with Crippen LogP contribution in [-0.4, -0.2) is 23.2 Å². The van der Waals surface area contributed by atoms with Gasteiger partial charge >= 0.3 is 0 Å². The van der Waals surface area contributed by atoms with Gasteiger partial charge in [0.15, 0.2) is 116 Å². The summed E-state index contributed by atoms with van der Waals surface area (Å²) in [6.07, 6.45) is 3.71. The van der Waals surface area contributed by atoms with Gasteiger partial charge in [-0.05, 0) is 36.0 Å². The maximum Gasteiger partial charge on any atom is 0.200 e. The number of fused-ring (bicyclic) bond motifs is 6. The van der Waals surface area contributed by atoms with E-state index >= 15 is 52.7 Å². The van der Waals surface area contributed by atoms with Gasteiger partial charge in [0.1, 0.15) is 5.90 Å². The molecule has 0 saturated carbocycles. The molecule has 0 unspecified atom stereocenters. The summed E-state index contributed by atoms with van der Waals surface area (Å²) >= 11 is 0. The quantitative estimate of drug-likeness (QED) is 0.0615. The number of aromatic amines is 1. The molecule has 8 bridgehead atoms. The Balaban J connectivity index is 0.00000693. The summed E-state index contributed by atoms with van der Waals surface area (Å²) in [7, 11) is 0. The second kappa shape index (κ2) is 18.2. The van der Waals surface area contributed by atoms with Crippen molar-refractivity contribution in [3.63, 3.8) is 0 Å². The van der Waals surface area contributed by atoms with Crippen LogP contribution >= 0.6 is 0 Å². The zero-order valence-electron chi connectivity index (χ0n) is 34.2. The number of allylic oxidation sites excluding steroid dienone is 4. The van der Waals surface area contributed by atoms with Crippen molar-refractivity contribution in [1.82, 2.24) is 9.97 Å². The number of hydrogen-bond acceptors (Lipinski definition) is 3. The van der Waals surface area contributed by atoms with Crippen LogP contribution in [0.4, 0.5) is 87.8 Å². The second-order valence-corrected chi connectivity index (χ2v) is 14.6. The van der Waals surface area contributed by atoms with Gasteiger partial charge in [-0.15, -0.1) is 17.7 Å². The number of rotatable bonds is 5. The van der Waals surface area contributed by atoms with Crippen molar-refractivity contribution in [3.05, 3.63) is 220 Å². The number of aromatic nitrogens is 2. The minimum absolute atomic E-state index is 0. The Morgan fingerprint density at radius 2 is 0.847 bits per heavy atom. The number of nitrogens with zero attached hydrogens (tertiary/aromatic N) is 3. The van der Waals surface area contributed by atoms with Crippen molar-refractivity contribution in [3.8, 4) is 0 Å². The van der Waals surface area contributed by atoms with Crippen LogP contribution in [0.2, 0.25) is 0 Å². The Hall–Kier alpha value is -7.60. The molecule has 1 radical (unpaired) electrons. The first-order chi connectivity index (χ1) is 33.5. The standard InChI is InChI=1S/C46H11F20N4O.Cu/c1-2-71-46-11-8-17(70-46)21(25-32(53)40(61)45(66)41(62)33(25)54)15-5-3-12(68-15)18(22-26(47)34(55)42(63)35(56)27(22)48)10-7-16(67-9-10)20(24-30(51)38(59)44(65)39(60)31(24)52)14-6-4-13(69-14)19(11)23-28(49)36(57)43(64)37(58)29(23)50;/h3-6,9,67H,2H2,1H3;/q-3;. The van der Waals surface area contributed by atoms with Crippen LogP contribution in [0.25, 0.3) is 22.3 Å². The molecule has 5 heterocycles. The van der Waals surface area contributed by atoms with Crippen molar-refractivity contribution >= 4 is 33.9 Å². The zero-order valence-corrected chi connectivity index (χ0v) is 35.1. The van der Waals surface area contributed by atoms with Crippen molar-refractivity contribution < 1.29 is 110 Å². The molecule has 5 nitrogen and oxygen atoms in total. The van der Waals surface area contributed by atoms with E-state index in [-0.39, 0.29) is 17.1 Å². The molecule has 0 atom stereocenters. The van der Waals surface area contributed by atoms with Gasteiger partial charge < -0.3 is 14.7 Å². The summed E-state index contributed by atoms with van der Waals surface area (Å²) in [6.45, 7) is 0.536. The molecular formula is C46H11CuF20N4O-3. The minimum atomic E-state index is -2.76. The van der Waals surface area contributed by atoms with Crippen molar-refractivity contribution in [2.24, 2.45) is 9.98 Å². The smallest absolute Gasteiger partial charge is 0.200 e. The fraction of sp³-hybridized carbons (Fsp3) is 0.0435. The molecule has 4 aromatic carbocycles. The molecular weight excluding hydrogens is 1070 g/mol. The molecule has 0 amide bonds. The summed E-state index contributed by atoms with van der Waals surface area (Å²) < 4.78 is 311. The van der Waals surface area contributed by atoms with E-state index in [1.807, 2.05) is 0 Å². The second-order valence-electron chi connectivity index (χ2n) is 14.6. The van der Waals surface area contributed by atoms with Crippen molar-refractivity contribution in [1.29, 1.82) is 0 Å². The first-order valence-corrected chi connectivity index (χ1v) is 19.2. The van der Waals surface area contributed by atoms with Crippen LogP contribution in [0.5, 0.6) is 0 Å². The molecule has 1 N–H and O–H groups in total. The summed E-state index contributed by atoms with van der Waals surface area (Å²) in [5.74, 6) is -54.7. The maximum atomic E-state index is 16.0. The average molecular weight is 1080 g/mol. The van der Waals surface area contributed by atoms with Gasteiger partial charge in [0, 0.05) is 50.7 Å². The summed E-state index contributed by atoms with van der Waals surface area (Å²) in [6, 6.07) is 3.26. The topological polar surface area (TPSA) is 63.8 Å². The number of hydrogen-bond donors (Lipinski definition) is 1. The number of aliphatic imine (C=N–C) groups is 2. The third-order valence-electron chi connectivity index (χ3n) is 10.7. The number of ether oxygens (including phenoxy) is 1. The molecule has 3 aliphatic heterocycles. The predicted molar refractivity (Wildman–Crippen MR) is 203 cm³/mol. The molecule has 0 aliphatic carbocycles. The van der Waals surface area contributed by atoms with E-state index < -0.39 is 218 Å². The van der Waals surface area contributed by atoms with Gasteiger partial charge in [-0.25, -0.2) is 87.8 Å². The van der Waals surface area contributed by atoms with Gasteiger partial charge in [0.05, 0.1) is 6.61 Å². The normalized spacial score (nSPS) is 14.4. The molecule has 0 spiro atoms. The maximum absolute atomic E-state index is 16.0. The summed E-state index contributed by atoms with van der Waals surface area (Å²) in [4.78, 5) is 13.9. The molecule has 0 fully saturated rings. The fourth-order valence-corrected chi connectivity index (χ4v) is 7.62. The third-order valence-corrected chi connectivity index (χ3v) is 10.7. The van der Waals surface area contributed by atoms with E-state index in [1.165, 1.54) is 0 Å². The van der Waals surface area contributed by atoms with Gasteiger partial charge in [-0.2, -0.15) is 10.7 Å². The summed E-state index contributed by atoms with van der Waals surface area (Å²) in [5, 5.41) is -2.25. The Bertz CT molecular complexity index is 3670. The first kappa shape index (κ1) is 50.8. The Kier molecular flexibility index (Phi) is 12.8. The van der Waals surface area contributed by atoms with E-state index in [0.29, 0.717) is 30.5 Å².